The fraction of sp³-hybridized carbons (Fsp3) is 0.368. The number of amides is 1. The van der Waals surface area contributed by atoms with Gasteiger partial charge in [-0.15, -0.1) is 11.3 Å². The Morgan fingerprint density at radius 2 is 2.00 bits per heavy atom. The van der Waals surface area contributed by atoms with Crippen LogP contribution in [0.2, 0.25) is 0 Å². The van der Waals surface area contributed by atoms with Crippen LogP contribution in [-0.4, -0.2) is 37.1 Å². The van der Waals surface area contributed by atoms with Gasteiger partial charge in [-0.05, 0) is 39.0 Å². The Balaban J connectivity index is 2.15. The second-order valence-corrected chi connectivity index (χ2v) is 6.98. The first-order valence-corrected chi connectivity index (χ1v) is 8.79. The molecule has 2 aromatic rings. The van der Waals surface area contributed by atoms with Gasteiger partial charge in [-0.25, -0.2) is 4.98 Å². The Labute approximate surface area is 152 Å². The number of carbonyl (C=O) groups is 1. The van der Waals surface area contributed by atoms with Gasteiger partial charge in [0.25, 0.3) is 0 Å². The second kappa shape index (κ2) is 8.16. The molecule has 1 atom stereocenters. The summed E-state index contributed by atoms with van der Waals surface area (Å²) < 4.78 is 10.5. The van der Waals surface area contributed by atoms with Crippen molar-refractivity contribution < 1.29 is 14.3 Å². The van der Waals surface area contributed by atoms with Crippen LogP contribution in [0.4, 0.5) is 0 Å². The van der Waals surface area contributed by atoms with E-state index in [1.807, 2.05) is 32.9 Å². The van der Waals surface area contributed by atoms with E-state index < -0.39 is 0 Å². The van der Waals surface area contributed by atoms with Crippen molar-refractivity contribution in [1.29, 1.82) is 0 Å². The number of thiazole rings is 1. The molecule has 1 amide bonds. The van der Waals surface area contributed by atoms with E-state index in [2.05, 4.69) is 4.98 Å². The lowest BCUT2D eigenvalue weighted by Gasteiger charge is -2.23. The fourth-order valence-electron chi connectivity index (χ4n) is 2.54. The minimum Gasteiger partial charge on any atom is -0.497 e. The summed E-state index contributed by atoms with van der Waals surface area (Å²) in [7, 11) is 5.00. The van der Waals surface area contributed by atoms with Crippen molar-refractivity contribution in [3.63, 3.8) is 0 Å². The third-order valence-electron chi connectivity index (χ3n) is 4.09. The number of likely N-dealkylation sites (N-methyl/N-ethyl adjacent to an activating group) is 1. The standard InChI is InChI=1S/C19H24N2O3S/c1-12-19(25-14(3)20-12)13(2)21(4)18(22)10-8-15-7-9-16(23-5)11-17(15)24-6/h7-11,13H,1-6H3. The van der Waals surface area contributed by atoms with E-state index in [1.54, 1.807) is 55.7 Å². The SMILES string of the molecule is COc1ccc(C=CC(=O)N(C)C(C)c2sc(C)nc2C)c(OC)c1. The molecule has 1 unspecified atom stereocenters. The van der Waals surface area contributed by atoms with E-state index in [-0.39, 0.29) is 11.9 Å². The fourth-order valence-corrected chi connectivity index (χ4v) is 3.56. The average molecular weight is 360 g/mol. The van der Waals surface area contributed by atoms with E-state index in [9.17, 15) is 4.79 Å². The van der Waals surface area contributed by atoms with Crippen molar-refractivity contribution in [2.45, 2.75) is 26.8 Å². The number of aryl methyl sites for hydroxylation is 2. The smallest absolute Gasteiger partial charge is 0.246 e. The maximum atomic E-state index is 12.5. The number of nitrogens with zero attached hydrogens (tertiary/aromatic N) is 2. The number of aromatic nitrogens is 1. The van der Waals surface area contributed by atoms with Gasteiger partial charge in [0.1, 0.15) is 11.5 Å². The normalized spacial score (nSPS) is 12.2. The van der Waals surface area contributed by atoms with Gasteiger partial charge in [-0.3, -0.25) is 4.79 Å². The van der Waals surface area contributed by atoms with Crippen molar-refractivity contribution >= 4 is 23.3 Å². The van der Waals surface area contributed by atoms with E-state index in [4.69, 9.17) is 9.47 Å². The molecule has 0 bridgehead atoms. The highest BCUT2D eigenvalue weighted by Crippen LogP contribution is 2.29. The van der Waals surface area contributed by atoms with Crippen LogP contribution in [0.1, 0.15) is 34.1 Å². The van der Waals surface area contributed by atoms with Crippen LogP contribution in [0.15, 0.2) is 24.3 Å². The van der Waals surface area contributed by atoms with Gasteiger partial charge in [0.15, 0.2) is 0 Å². The number of methoxy groups -OCH3 is 2. The number of rotatable bonds is 6. The number of carbonyl (C=O) groups excluding carboxylic acids is 1. The highest BCUT2D eigenvalue weighted by atomic mass is 32.1. The molecule has 5 nitrogen and oxygen atoms in total. The Kier molecular flexibility index (Phi) is 6.20. The third-order valence-corrected chi connectivity index (χ3v) is 5.34. The van der Waals surface area contributed by atoms with Crippen molar-refractivity contribution in [2.24, 2.45) is 0 Å². The van der Waals surface area contributed by atoms with Gasteiger partial charge in [-0.2, -0.15) is 0 Å². The van der Waals surface area contributed by atoms with Gasteiger partial charge < -0.3 is 14.4 Å². The largest absolute Gasteiger partial charge is 0.497 e. The average Bonchev–Trinajstić information content (AvgIpc) is 2.96. The van der Waals surface area contributed by atoms with Crippen LogP contribution in [0.25, 0.3) is 6.08 Å². The molecule has 0 radical (unpaired) electrons. The van der Waals surface area contributed by atoms with Crippen LogP contribution >= 0.6 is 11.3 Å². The second-order valence-electron chi connectivity index (χ2n) is 5.75. The minimum atomic E-state index is -0.0733. The molecule has 1 aromatic heterocycles. The molecule has 0 aliphatic carbocycles. The molecule has 0 fully saturated rings. The van der Waals surface area contributed by atoms with Gasteiger partial charge >= 0.3 is 0 Å². The zero-order valence-electron chi connectivity index (χ0n) is 15.5. The maximum absolute atomic E-state index is 12.5. The van der Waals surface area contributed by atoms with Crippen molar-refractivity contribution in [1.82, 2.24) is 9.88 Å². The van der Waals surface area contributed by atoms with Gasteiger partial charge in [-0.1, -0.05) is 0 Å². The molecule has 1 heterocycles. The molecule has 25 heavy (non-hydrogen) atoms. The molecule has 0 N–H and O–H groups in total. The number of hydrogen-bond acceptors (Lipinski definition) is 5. The predicted octanol–water partition coefficient (Wildman–Crippen LogP) is 4.01. The summed E-state index contributed by atoms with van der Waals surface area (Å²) in [6.07, 6.45) is 3.32. The van der Waals surface area contributed by atoms with E-state index in [0.717, 1.165) is 21.1 Å². The Hall–Kier alpha value is -2.34. The van der Waals surface area contributed by atoms with Crippen molar-refractivity contribution in [2.75, 3.05) is 21.3 Å². The summed E-state index contributed by atoms with van der Waals surface area (Å²) in [5.41, 5.74) is 1.80. The quantitative estimate of drug-likeness (QED) is 0.731. The van der Waals surface area contributed by atoms with Crippen LogP contribution in [-0.2, 0) is 4.79 Å². The summed E-state index contributed by atoms with van der Waals surface area (Å²) in [4.78, 5) is 19.8. The molecule has 134 valence electrons. The molecule has 0 aliphatic rings. The lowest BCUT2D eigenvalue weighted by atomic mass is 10.1. The summed E-state index contributed by atoms with van der Waals surface area (Å²) in [5, 5.41) is 1.01. The van der Waals surface area contributed by atoms with Crippen LogP contribution in [0.5, 0.6) is 11.5 Å². The summed E-state index contributed by atoms with van der Waals surface area (Å²) in [6.45, 7) is 5.97. The molecular formula is C19H24N2O3S. The van der Waals surface area contributed by atoms with E-state index in [0.29, 0.717) is 11.5 Å². The molecule has 1 aromatic carbocycles. The number of benzene rings is 1. The molecule has 0 saturated carbocycles. The van der Waals surface area contributed by atoms with Crippen LogP contribution in [0.3, 0.4) is 0 Å². The Morgan fingerprint density at radius 1 is 1.28 bits per heavy atom. The van der Waals surface area contributed by atoms with Crippen molar-refractivity contribution in [3.05, 3.63) is 45.4 Å². The molecule has 6 heteroatoms. The first kappa shape index (κ1) is 19.0. The predicted molar refractivity (Wildman–Crippen MR) is 101 cm³/mol. The van der Waals surface area contributed by atoms with Gasteiger partial charge in [0, 0.05) is 29.6 Å². The highest BCUT2D eigenvalue weighted by molar-refractivity contribution is 7.11. The Morgan fingerprint density at radius 3 is 2.56 bits per heavy atom. The molecular weight excluding hydrogens is 336 g/mol. The van der Waals surface area contributed by atoms with Crippen LogP contribution < -0.4 is 9.47 Å². The lowest BCUT2D eigenvalue weighted by Crippen LogP contribution is -2.27. The van der Waals surface area contributed by atoms with E-state index in [1.165, 1.54) is 0 Å². The molecule has 0 spiro atoms. The van der Waals surface area contributed by atoms with Crippen molar-refractivity contribution in [3.8, 4) is 11.5 Å². The minimum absolute atomic E-state index is 0.0267. The van der Waals surface area contributed by atoms with Crippen LogP contribution in [0, 0.1) is 13.8 Å². The van der Waals surface area contributed by atoms with Gasteiger partial charge in [0.05, 0.1) is 31.0 Å². The van der Waals surface area contributed by atoms with Gasteiger partial charge in [0.2, 0.25) is 5.91 Å². The lowest BCUT2D eigenvalue weighted by molar-refractivity contribution is -0.126. The monoisotopic (exact) mass is 360 g/mol. The topological polar surface area (TPSA) is 51.7 Å². The maximum Gasteiger partial charge on any atom is 0.246 e. The number of ether oxygens (including phenoxy) is 2. The summed E-state index contributed by atoms with van der Waals surface area (Å²) in [6, 6.07) is 5.46. The number of hydrogen-bond donors (Lipinski definition) is 0. The first-order valence-electron chi connectivity index (χ1n) is 7.98. The summed E-state index contributed by atoms with van der Waals surface area (Å²) >= 11 is 1.63. The zero-order valence-corrected chi connectivity index (χ0v) is 16.3. The summed E-state index contributed by atoms with van der Waals surface area (Å²) in [5.74, 6) is 1.30. The highest BCUT2D eigenvalue weighted by Gasteiger charge is 2.20. The molecule has 2 rings (SSSR count). The molecule has 0 aliphatic heterocycles. The first-order chi connectivity index (χ1) is 11.9. The van der Waals surface area contributed by atoms with E-state index >= 15 is 0 Å². The Bertz CT molecular complexity index is 783. The third kappa shape index (κ3) is 4.39. The zero-order chi connectivity index (χ0) is 18.6. The molecule has 0 saturated heterocycles.